The van der Waals surface area contributed by atoms with E-state index in [4.69, 9.17) is 0 Å². The summed E-state index contributed by atoms with van der Waals surface area (Å²) in [6, 6.07) is -0.00527. The lowest BCUT2D eigenvalue weighted by Crippen LogP contribution is -2.37. The standard InChI is InChI=1S/C11H16N2O2S/c1-7-10(16-8(2)12-7)11(15)13-5-3-4-9(13)6-14/h9,14H,3-6H2,1-2H3/t9-/m1/s1. The van der Waals surface area contributed by atoms with Crippen LogP contribution in [0.4, 0.5) is 0 Å². The predicted molar refractivity (Wildman–Crippen MR) is 62.7 cm³/mol. The Labute approximate surface area is 98.9 Å². The van der Waals surface area contributed by atoms with E-state index in [2.05, 4.69) is 4.98 Å². The molecule has 16 heavy (non-hydrogen) atoms. The molecule has 1 atom stereocenters. The fraction of sp³-hybridized carbons (Fsp3) is 0.636. The second-order valence-electron chi connectivity index (χ2n) is 4.12. The number of thiazole rings is 1. The molecule has 0 bridgehead atoms. The van der Waals surface area contributed by atoms with Crippen molar-refractivity contribution in [1.82, 2.24) is 9.88 Å². The van der Waals surface area contributed by atoms with Gasteiger partial charge in [0.2, 0.25) is 0 Å². The monoisotopic (exact) mass is 240 g/mol. The molecule has 1 aromatic heterocycles. The molecule has 1 amide bonds. The highest BCUT2D eigenvalue weighted by atomic mass is 32.1. The Kier molecular flexibility index (Phi) is 3.25. The molecule has 1 saturated heterocycles. The number of carbonyl (C=O) groups excluding carboxylic acids is 1. The van der Waals surface area contributed by atoms with E-state index in [1.165, 1.54) is 11.3 Å². The molecule has 1 fully saturated rings. The number of aryl methyl sites for hydroxylation is 2. The Morgan fingerprint density at radius 3 is 2.94 bits per heavy atom. The summed E-state index contributed by atoms with van der Waals surface area (Å²) in [6.07, 6.45) is 1.88. The van der Waals surface area contributed by atoms with Gasteiger partial charge >= 0.3 is 0 Å². The predicted octanol–water partition coefficient (Wildman–Crippen LogP) is 1.36. The van der Waals surface area contributed by atoms with Crippen LogP contribution < -0.4 is 0 Å². The topological polar surface area (TPSA) is 53.4 Å². The summed E-state index contributed by atoms with van der Waals surface area (Å²) in [5.74, 6) is 0.0275. The van der Waals surface area contributed by atoms with E-state index in [0.29, 0.717) is 0 Å². The van der Waals surface area contributed by atoms with Crippen molar-refractivity contribution in [3.63, 3.8) is 0 Å². The molecule has 0 saturated carbocycles. The molecule has 1 N–H and O–H groups in total. The van der Waals surface area contributed by atoms with Crippen LogP contribution in [0.3, 0.4) is 0 Å². The Bertz CT molecular complexity index is 403. The Hall–Kier alpha value is -0.940. The largest absolute Gasteiger partial charge is 0.394 e. The highest BCUT2D eigenvalue weighted by Crippen LogP contribution is 2.24. The van der Waals surface area contributed by atoms with Crippen LogP contribution in [0.1, 0.15) is 33.2 Å². The summed E-state index contributed by atoms with van der Waals surface area (Å²) < 4.78 is 0. The number of aliphatic hydroxyl groups is 1. The van der Waals surface area contributed by atoms with Crippen LogP contribution in [0, 0.1) is 13.8 Å². The van der Waals surface area contributed by atoms with Crippen LogP contribution >= 0.6 is 11.3 Å². The number of aromatic nitrogens is 1. The van der Waals surface area contributed by atoms with Gasteiger partial charge in [-0.25, -0.2) is 4.98 Å². The average Bonchev–Trinajstić information content (AvgIpc) is 2.83. The van der Waals surface area contributed by atoms with Crippen molar-refractivity contribution >= 4 is 17.2 Å². The molecule has 2 heterocycles. The maximum Gasteiger partial charge on any atom is 0.266 e. The van der Waals surface area contributed by atoms with Crippen LogP contribution in [-0.4, -0.2) is 40.1 Å². The smallest absolute Gasteiger partial charge is 0.266 e. The molecule has 0 aromatic carbocycles. The zero-order valence-corrected chi connectivity index (χ0v) is 10.4. The first-order valence-corrected chi connectivity index (χ1v) is 6.31. The first-order valence-electron chi connectivity index (χ1n) is 5.49. The molecular weight excluding hydrogens is 224 g/mol. The number of hydrogen-bond donors (Lipinski definition) is 1. The molecule has 1 aliphatic heterocycles. The van der Waals surface area contributed by atoms with Gasteiger partial charge < -0.3 is 10.0 Å². The van der Waals surface area contributed by atoms with E-state index in [-0.39, 0.29) is 18.6 Å². The van der Waals surface area contributed by atoms with Crippen molar-refractivity contribution in [2.45, 2.75) is 32.7 Å². The molecule has 1 aromatic rings. The minimum absolute atomic E-state index is 0.00527. The van der Waals surface area contributed by atoms with Crippen LogP contribution in [0.2, 0.25) is 0 Å². The molecular formula is C11H16N2O2S. The molecule has 0 radical (unpaired) electrons. The number of rotatable bonds is 2. The third-order valence-electron chi connectivity index (χ3n) is 2.95. The van der Waals surface area contributed by atoms with Gasteiger partial charge in [-0.2, -0.15) is 0 Å². The lowest BCUT2D eigenvalue weighted by Gasteiger charge is -2.22. The van der Waals surface area contributed by atoms with Gasteiger partial charge in [0, 0.05) is 6.54 Å². The van der Waals surface area contributed by atoms with Gasteiger partial charge in [0.25, 0.3) is 5.91 Å². The number of amides is 1. The SMILES string of the molecule is Cc1nc(C)c(C(=O)N2CCC[C@@H]2CO)s1. The van der Waals surface area contributed by atoms with Gasteiger partial charge in [0.05, 0.1) is 23.4 Å². The third kappa shape index (κ3) is 1.97. The lowest BCUT2D eigenvalue weighted by molar-refractivity contribution is 0.0681. The first kappa shape index (κ1) is 11.5. The van der Waals surface area contributed by atoms with E-state index in [9.17, 15) is 9.90 Å². The van der Waals surface area contributed by atoms with Crippen LogP contribution in [-0.2, 0) is 0 Å². The van der Waals surface area contributed by atoms with Crippen molar-refractivity contribution in [2.75, 3.05) is 13.2 Å². The zero-order valence-electron chi connectivity index (χ0n) is 9.56. The molecule has 0 unspecified atom stereocenters. The summed E-state index contributed by atoms with van der Waals surface area (Å²) in [4.78, 5) is 19.0. The van der Waals surface area contributed by atoms with Crippen LogP contribution in [0.25, 0.3) is 0 Å². The third-order valence-corrected chi connectivity index (χ3v) is 4.01. The van der Waals surface area contributed by atoms with Gasteiger partial charge in [0.1, 0.15) is 4.88 Å². The second kappa shape index (κ2) is 4.51. The quantitative estimate of drug-likeness (QED) is 0.849. The molecule has 1 aliphatic rings. The van der Waals surface area contributed by atoms with Crippen molar-refractivity contribution in [1.29, 1.82) is 0 Å². The molecule has 0 aliphatic carbocycles. The molecule has 4 nitrogen and oxygen atoms in total. The molecule has 2 rings (SSSR count). The Balaban J connectivity index is 2.21. The summed E-state index contributed by atoms with van der Waals surface area (Å²) >= 11 is 1.44. The fourth-order valence-electron chi connectivity index (χ4n) is 2.15. The normalized spacial score (nSPS) is 20.4. The van der Waals surface area contributed by atoms with Crippen LogP contribution in [0.5, 0.6) is 0 Å². The van der Waals surface area contributed by atoms with Gasteiger partial charge in [-0.3, -0.25) is 4.79 Å². The summed E-state index contributed by atoms with van der Waals surface area (Å²) in [5.41, 5.74) is 0.802. The number of nitrogens with zero attached hydrogens (tertiary/aromatic N) is 2. The molecule has 0 spiro atoms. The van der Waals surface area contributed by atoms with Gasteiger partial charge in [-0.1, -0.05) is 0 Å². The fourth-order valence-corrected chi connectivity index (χ4v) is 3.03. The number of carbonyl (C=O) groups is 1. The minimum Gasteiger partial charge on any atom is -0.394 e. The Morgan fingerprint density at radius 2 is 2.38 bits per heavy atom. The number of likely N-dealkylation sites (tertiary alicyclic amines) is 1. The lowest BCUT2D eigenvalue weighted by atomic mass is 10.2. The maximum absolute atomic E-state index is 12.2. The number of aliphatic hydroxyl groups excluding tert-OH is 1. The zero-order chi connectivity index (χ0) is 11.7. The molecule has 5 heteroatoms. The minimum atomic E-state index is -0.00527. The van der Waals surface area contributed by atoms with E-state index in [1.807, 2.05) is 13.8 Å². The van der Waals surface area contributed by atoms with E-state index in [1.54, 1.807) is 4.90 Å². The van der Waals surface area contributed by atoms with E-state index in [0.717, 1.165) is 35.0 Å². The second-order valence-corrected chi connectivity index (χ2v) is 5.33. The highest BCUT2D eigenvalue weighted by Gasteiger charge is 2.30. The van der Waals surface area contributed by atoms with Gasteiger partial charge in [-0.15, -0.1) is 11.3 Å². The van der Waals surface area contributed by atoms with Crippen molar-refractivity contribution in [3.8, 4) is 0 Å². The van der Waals surface area contributed by atoms with Crippen molar-refractivity contribution in [3.05, 3.63) is 15.6 Å². The van der Waals surface area contributed by atoms with Gasteiger partial charge in [-0.05, 0) is 26.7 Å². The van der Waals surface area contributed by atoms with E-state index < -0.39 is 0 Å². The maximum atomic E-state index is 12.2. The highest BCUT2D eigenvalue weighted by molar-refractivity contribution is 7.13. The van der Waals surface area contributed by atoms with Crippen molar-refractivity contribution in [2.24, 2.45) is 0 Å². The van der Waals surface area contributed by atoms with Crippen molar-refractivity contribution < 1.29 is 9.90 Å². The first-order chi connectivity index (χ1) is 7.63. The molecule has 88 valence electrons. The number of hydrogen-bond acceptors (Lipinski definition) is 4. The van der Waals surface area contributed by atoms with Gasteiger partial charge in [0.15, 0.2) is 0 Å². The Morgan fingerprint density at radius 1 is 1.62 bits per heavy atom. The summed E-state index contributed by atoms with van der Waals surface area (Å²) in [6.45, 7) is 4.58. The van der Waals surface area contributed by atoms with E-state index >= 15 is 0 Å². The average molecular weight is 240 g/mol. The summed E-state index contributed by atoms with van der Waals surface area (Å²) in [7, 11) is 0. The summed E-state index contributed by atoms with van der Waals surface area (Å²) in [5, 5.41) is 10.1. The van der Waals surface area contributed by atoms with Crippen LogP contribution in [0.15, 0.2) is 0 Å².